The Labute approximate surface area is 105 Å². The van der Waals surface area contributed by atoms with E-state index in [1.165, 1.54) is 0 Å². The lowest BCUT2D eigenvalue weighted by Crippen LogP contribution is -2.38. The molecule has 0 aliphatic rings. The number of anilines is 1. The number of amides is 1. The molecular weight excluding hydrogens is 238 g/mol. The molecule has 0 bridgehead atoms. The molecule has 0 spiro atoms. The van der Waals surface area contributed by atoms with Crippen molar-refractivity contribution in [2.24, 2.45) is 5.92 Å². The van der Waals surface area contributed by atoms with Gasteiger partial charge in [0.25, 0.3) is 5.91 Å². The molecule has 0 saturated carbocycles. The fraction of sp³-hybridized carbons (Fsp3) is 0.462. The van der Waals surface area contributed by atoms with E-state index < -0.39 is 17.5 Å². The van der Waals surface area contributed by atoms with Crippen LogP contribution in [-0.2, 0) is 0 Å². The molecule has 3 N–H and O–H groups in total. The number of carbonyl (C=O) groups excluding carboxylic acids is 1. The van der Waals surface area contributed by atoms with Crippen molar-refractivity contribution < 1.29 is 13.6 Å². The predicted molar refractivity (Wildman–Crippen MR) is 67.2 cm³/mol. The molecule has 0 radical (unpaired) electrons. The van der Waals surface area contributed by atoms with Gasteiger partial charge in [-0.3, -0.25) is 4.79 Å². The molecule has 1 rings (SSSR count). The van der Waals surface area contributed by atoms with Crippen molar-refractivity contribution in [1.82, 2.24) is 5.32 Å². The lowest BCUT2D eigenvalue weighted by molar-refractivity contribution is 0.0920. The molecule has 1 unspecified atom stereocenters. The molecule has 1 atom stereocenters. The first kappa shape index (κ1) is 14.4. The van der Waals surface area contributed by atoms with Crippen molar-refractivity contribution in [2.45, 2.75) is 33.2 Å². The Bertz CT molecular complexity index is 447. The van der Waals surface area contributed by atoms with E-state index in [-0.39, 0.29) is 23.2 Å². The van der Waals surface area contributed by atoms with Crippen LogP contribution in [0.1, 0.15) is 37.6 Å². The normalized spacial score (nSPS) is 12.6. The van der Waals surface area contributed by atoms with Crippen molar-refractivity contribution in [2.75, 3.05) is 5.73 Å². The molecule has 5 heteroatoms. The molecule has 100 valence electrons. The Morgan fingerprint density at radius 1 is 1.33 bits per heavy atom. The van der Waals surface area contributed by atoms with Gasteiger partial charge in [0.2, 0.25) is 0 Å². The Morgan fingerprint density at radius 2 is 1.94 bits per heavy atom. The molecule has 0 saturated heterocycles. The molecule has 0 aliphatic heterocycles. The van der Waals surface area contributed by atoms with Crippen LogP contribution in [0.3, 0.4) is 0 Å². The van der Waals surface area contributed by atoms with E-state index in [4.69, 9.17) is 5.73 Å². The van der Waals surface area contributed by atoms with E-state index in [1.807, 2.05) is 20.8 Å². The van der Waals surface area contributed by atoms with E-state index >= 15 is 0 Å². The molecule has 1 amide bonds. The van der Waals surface area contributed by atoms with E-state index in [0.29, 0.717) is 6.07 Å². The van der Waals surface area contributed by atoms with Crippen molar-refractivity contribution in [3.05, 3.63) is 29.3 Å². The quantitative estimate of drug-likeness (QED) is 0.814. The number of benzene rings is 1. The standard InChI is InChI=1S/C13H18F2N2O/c1-4-12(7(2)3)17-13(18)8-5-11(16)10(15)6-9(8)14/h5-7,12H,4,16H2,1-3H3,(H,17,18). The first-order chi connectivity index (χ1) is 8.36. The smallest absolute Gasteiger partial charge is 0.254 e. The number of carbonyl (C=O) groups is 1. The molecule has 3 nitrogen and oxygen atoms in total. The van der Waals surface area contributed by atoms with Gasteiger partial charge in [-0.1, -0.05) is 20.8 Å². The van der Waals surface area contributed by atoms with Gasteiger partial charge in [0.05, 0.1) is 11.3 Å². The highest BCUT2D eigenvalue weighted by Crippen LogP contribution is 2.17. The summed E-state index contributed by atoms with van der Waals surface area (Å²) in [4.78, 5) is 11.9. The zero-order chi connectivity index (χ0) is 13.9. The van der Waals surface area contributed by atoms with E-state index in [0.717, 1.165) is 12.5 Å². The first-order valence-corrected chi connectivity index (χ1v) is 5.92. The third kappa shape index (κ3) is 3.18. The highest BCUT2D eigenvalue weighted by Gasteiger charge is 2.19. The number of nitrogen functional groups attached to an aromatic ring is 1. The van der Waals surface area contributed by atoms with Gasteiger partial charge in [0.1, 0.15) is 11.6 Å². The lowest BCUT2D eigenvalue weighted by atomic mass is 10.0. The fourth-order valence-corrected chi connectivity index (χ4v) is 1.73. The van der Waals surface area contributed by atoms with Crippen LogP contribution in [0.5, 0.6) is 0 Å². The summed E-state index contributed by atoms with van der Waals surface area (Å²) in [6, 6.07) is 1.59. The number of rotatable bonds is 4. The Hall–Kier alpha value is -1.65. The minimum Gasteiger partial charge on any atom is -0.396 e. The molecule has 0 aromatic heterocycles. The first-order valence-electron chi connectivity index (χ1n) is 5.92. The third-order valence-corrected chi connectivity index (χ3v) is 2.89. The maximum atomic E-state index is 13.5. The van der Waals surface area contributed by atoms with Gasteiger partial charge in [0.15, 0.2) is 0 Å². The number of hydrogen-bond acceptors (Lipinski definition) is 2. The van der Waals surface area contributed by atoms with Gasteiger partial charge < -0.3 is 11.1 Å². The molecule has 18 heavy (non-hydrogen) atoms. The van der Waals surface area contributed by atoms with Crippen LogP contribution in [0.25, 0.3) is 0 Å². The van der Waals surface area contributed by atoms with Crippen molar-refractivity contribution in [3.63, 3.8) is 0 Å². The highest BCUT2D eigenvalue weighted by atomic mass is 19.1. The SMILES string of the molecule is CCC(NC(=O)c1cc(N)c(F)cc1F)C(C)C. The summed E-state index contributed by atoms with van der Waals surface area (Å²) in [6.45, 7) is 5.86. The van der Waals surface area contributed by atoms with Gasteiger partial charge >= 0.3 is 0 Å². The summed E-state index contributed by atoms with van der Waals surface area (Å²) < 4.78 is 26.5. The van der Waals surface area contributed by atoms with Gasteiger partial charge in [-0.15, -0.1) is 0 Å². The zero-order valence-corrected chi connectivity index (χ0v) is 10.8. The second-order valence-electron chi connectivity index (χ2n) is 4.59. The molecular formula is C13H18F2N2O. The predicted octanol–water partition coefficient (Wildman–Crippen LogP) is 2.71. The van der Waals surface area contributed by atoms with Crippen LogP contribution in [0.2, 0.25) is 0 Å². The zero-order valence-electron chi connectivity index (χ0n) is 10.8. The molecule has 1 aromatic rings. The summed E-state index contributed by atoms with van der Waals surface area (Å²) in [5.41, 5.74) is 4.86. The maximum Gasteiger partial charge on any atom is 0.254 e. The summed E-state index contributed by atoms with van der Waals surface area (Å²) >= 11 is 0. The van der Waals surface area contributed by atoms with E-state index in [2.05, 4.69) is 5.32 Å². The van der Waals surface area contributed by atoms with Gasteiger partial charge in [-0.2, -0.15) is 0 Å². The minimum absolute atomic E-state index is 0.0526. The lowest BCUT2D eigenvalue weighted by Gasteiger charge is -2.20. The number of halogens is 2. The summed E-state index contributed by atoms with van der Waals surface area (Å²) in [5.74, 6) is -2.10. The second kappa shape index (κ2) is 5.80. The van der Waals surface area contributed by atoms with Crippen molar-refractivity contribution in [3.8, 4) is 0 Å². The van der Waals surface area contributed by atoms with Gasteiger partial charge in [-0.25, -0.2) is 8.78 Å². The van der Waals surface area contributed by atoms with Crippen LogP contribution in [0, 0.1) is 17.6 Å². The van der Waals surface area contributed by atoms with Crippen LogP contribution in [0.15, 0.2) is 12.1 Å². The van der Waals surface area contributed by atoms with Crippen LogP contribution in [0.4, 0.5) is 14.5 Å². The molecule has 0 aliphatic carbocycles. The largest absolute Gasteiger partial charge is 0.396 e. The second-order valence-corrected chi connectivity index (χ2v) is 4.59. The van der Waals surface area contributed by atoms with Crippen molar-refractivity contribution in [1.29, 1.82) is 0 Å². The Kier molecular flexibility index (Phi) is 4.64. The van der Waals surface area contributed by atoms with E-state index in [1.54, 1.807) is 0 Å². The van der Waals surface area contributed by atoms with Crippen LogP contribution in [-0.4, -0.2) is 11.9 Å². The highest BCUT2D eigenvalue weighted by molar-refractivity contribution is 5.95. The van der Waals surface area contributed by atoms with E-state index in [9.17, 15) is 13.6 Å². The third-order valence-electron chi connectivity index (χ3n) is 2.89. The van der Waals surface area contributed by atoms with Crippen molar-refractivity contribution >= 4 is 11.6 Å². The molecule has 0 heterocycles. The van der Waals surface area contributed by atoms with Crippen LogP contribution < -0.4 is 11.1 Å². The number of hydrogen-bond donors (Lipinski definition) is 2. The van der Waals surface area contributed by atoms with Gasteiger partial charge in [0, 0.05) is 12.1 Å². The topological polar surface area (TPSA) is 55.1 Å². The fourth-order valence-electron chi connectivity index (χ4n) is 1.73. The number of nitrogens with one attached hydrogen (secondary N) is 1. The average Bonchev–Trinajstić information content (AvgIpc) is 2.29. The number of nitrogens with two attached hydrogens (primary N) is 1. The minimum atomic E-state index is -0.905. The molecule has 0 fully saturated rings. The summed E-state index contributed by atoms with van der Waals surface area (Å²) in [7, 11) is 0. The van der Waals surface area contributed by atoms with Gasteiger partial charge in [-0.05, 0) is 18.4 Å². The summed E-state index contributed by atoms with van der Waals surface area (Å²) in [5, 5.41) is 2.71. The maximum absolute atomic E-state index is 13.5. The monoisotopic (exact) mass is 256 g/mol. The Morgan fingerprint density at radius 3 is 2.44 bits per heavy atom. The van der Waals surface area contributed by atoms with Crippen LogP contribution >= 0.6 is 0 Å². The Balaban J connectivity index is 2.94. The molecule has 1 aromatic carbocycles. The summed E-state index contributed by atoms with van der Waals surface area (Å²) in [6.07, 6.45) is 0.738. The average molecular weight is 256 g/mol.